The summed E-state index contributed by atoms with van der Waals surface area (Å²) in [6.07, 6.45) is 0.521. The molecular formula is C22H27F3N4O3. The lowest BCUT2D eigenvalue weighted by atomic mass is 10.0. The number of anilines is 1. The van der Waals surface area contributed by atoms with E-state index >= 15 is 0 Å². The highest BCUT2D eigenvalue weighted by atomic mass is 19.4. The van der Waals surface area contributed by atoms with Crippen LogP contribution in [0, 0.1) is 0 Å². The molecule has 0 bridgehead atoms. The van der Waals surface area contributed by atoms with E-state index in [0.717, 1.165) is 38.6 Å². The van der Waals surface area contributed by atoms with E-state index in [1.165, 1.54) is 11.1 Å². The van der Waals surface area contributed by atoms with Gasteiger partial charge in [0.1, 0.15) is 5.82 Å². The molecule has 2 atom stereocenters. The van der Waals surface area contributed by atoms with Crippen LogP contribution in [-0.2, 0) is 16.1 Å². The number of carbonyl (C=O) groups is 1. The van der Waals surface area contributed by atoms with E-state index in [-0.39, 0.29) is 6.10 Å². The van der Waals surface area contributed by atoms with E-state index in [1.807, 2.05) is 6.20 Å². The predicted octanol–water partition coefficient (Wildman–Crippen LogP) is 3.32. The Morgan fingerprint density at radius 1 is 1.22 bits per heavy atom. The molecule has 174 valence electrons. The van der Waals surface area contributed by atoms with Gasteiger partial charge in [0.25, 0.3) is 0 Å². The van der Waals surface area contributed by atoms with Crippen molar-refractivity contribution in [3.05, 3.63) is 54.0 Å². The molecule has 1 aromatic carbocycles. The number of rotatable bonds is 4. The maximum absolute atomic E-state index is 10.6. The van der Waals surface area contributed by atoms with Crippen LogP contribution in [0.4, 0.5) is 19.0 Å². The number of halogens is 3. The topological polar surface area (TPSA) is 78.8 Å². The van der Waals surface area contributed by atoms with Gasteiger partial charge in [-0.1, -0.05) is 38.1 Å². The van der Waals surface area contributed by atoms with E-state index in [1.54, 1.807) is 12.4 Å². The number of carboxylic acid groups (broad SMARTS) is 1. The van der Waals surface area contributed by atoms with Crippen LogP contribution in [0.15, 0.2) is 42.9 Å². The van der Waals surface area contributed by atoms with Crippen molar-refractivity contribution < 1.29 is 27.8 Å². The number of aliphatic carboxylic acids is 1. The fourth-order valence-corrected chi connectivity index (χ4v) is 3.88. The second kappa shape index (κ2) is 10.3. The van der Waals surface area contributed by atoms with Crippen LogP contribution in [0.1, 0.15) is 30.9 Å². The quantitative estimate of drug-likeness (QED) is 0.763. The molecule has 10 heteroatoms. The Labute approximate surface area is 184 Å². The van der Waals surface area contributed by atoms with Gasteiger partial charge in [-0.2, -0.15) is 13.2 Å². The molecule has 2 fully saturated rings. The number of morpholine rings is 1. The zero-order valence-corrected chi connectivity index (χ0v) is 18.0. The van der Waals surface area contributed by atoms with Gasteiger partial charge < -0.3 is 14.7 Å². The summed E-state index contributed by atoms with van der Waals surface area (Å²) in [6.45, 7) is 9.08. The molecule has 0 amide bonds. The number of aromatic nitrogens is 2. The number of ether oxygens (including phenoxy) is 1. The number of benzene rings is 1. The molecule has 7 nitrogen and oxygen atoms in total. The number of carboxylic acids is 1. The van der Waals surface area contributed by atoms with E-state index in [0.29, 0.717) is 12.0 Å². The molecule has 2 aliphatic heterocycles. The van der Waals surface area contributed by atoms with Gasteiger partial charge >= 0.3 is 12.1 Å². The molecule has 1 aromatic heterocycles. The predicted molar refractivity (Wildman–Crippen MR) is 112 cm³/mol. The lowest BCUT2D eigenvalue weighted by molar-refractivity contribution is -0.192. The Balaban J connectivity index is 0.000000360. The summed E-state index contributed by atoms with van der Waals surface area (Å²) in [4.78, 5) is 22.5. The Bertz CT molecular complexity index is 878. The summed E-state index contributed by atoms with van der Waals surface area (Å²) >= 11 is 0. The average molecular weight is 452 g/mol. The second-order valence-electron chi connectivity index (χ2n) is 8.13. The summed E-state index contributed by atoms with van der Waals surface area (Å²) in [5, 5.41) is 7.12. The summed E-state index contributed by atoms with van der Waals surface area (Å²) in [7, 11) is 0. The third kappa shape index (κ3) is 6.17. The SMILES string of the molecule is CC(C)c1ccc(CN2C[C@@H]3OCCN(c4cnccn4)[C@@H]3C2)cc1.O=C(O)C(F)(F)F. The van der Waals surface area contributed by atoms with Gasteiger partial charge in [-0.15, -0.1) is 0 Å². The molecule has 3 heterocycles. The molecule has 0 spiro atoms. The van der Waals surface area contributed by atoms with Crippen LogP contribution in [-0.4, -0.2) is 70.5 Å². The molecule has 4 rings (SSSR count). The molecule has 0 radical (unpaired) electrons. The third-order valence-corrected chi connectivity index (χ3v) is 5.52. The first-order valence-corrected chi connectivity index (χ1v) is 10.4. The van der Waals surface area contributed by atoms with Crippen LogP contribution < -0.4 is 4.90 Å². The fraction of sp³-hybridized carbons (Fsp3) is 0.500. The fourth-order valence-electron chi connectivity index (χ4n) is 3.88. The van der Waals surface area contributed by atoms with Crippen LogP contribution in [0.25, 0.3) is 0 Å². The summed E-state index contributed by atoms with van der Waals surface area (Å²) in [5.41, 5.74) is 2.77. The van der Waals surface area contributed by atoms with Crippen molar-refractivity contribution in [2.75, 3.05) is 31.1 Å². The van der Waals surface area contributed by atoms with Gasteiger partial charge in [-0.25, -0.2) is 9.78 Å². The molecule has 0 saturated carbocycles. The highest BCUT2D eigenvalue weighted by Crippen LogP contribution is 2.27. The first kappa shape index (κ1) is 23.9. The lowest BCUT2D eigenvalue weighted by Crippen LogP contribution is -2.51. The molecule has 2 aromatic rings. The Hall–Kier alpha value is -2.72. The maximum Gasteiger partial charge on any atom is 0.490 e. The van der Waals surface area contributed by atoms with Crippen molar-refractivity contribution in [1.82, 2.24) is 14.9 Å². The van der Waals surface area contributed by atoms with Gasteiger partial charge in [-0.05, 0) is 17.0 Å². The number of hydrogen-bond donors (Lipinski definition) is 1. The number of alkyl halides is 3. The van der Waals surface area contributed by atoms with Gasteiger partial charge in [0, 0.05) is 38.6 Å². The monoisotopic (exact) mass is 452 g/mol. The smallest absolute Gasteiger partial charge is 0.475 e. The summed E-state index contributed by atoms with van der Waals surface area (Å²) < 4.78 is 37.8. The van der Waals surface area contributed by atoms with Crippen LogP contribution in [0.3, 0.4) is 0 Å². The number of likely N-dealkylation sites (tertiary alicyclic amines) is 1. The Morgan fingerprint density at radius 2 is 1.91 bits per heavy atom. The molecule has 2 saturated heterocycles. The van der Waals surface area contributed by atoms with Gasteiger partial charge in [0.05, 0.1) is 24.9 Å². The van der Waals surface area contributed by atoms with E-state index < -0.39 is 12.1 Å². The highest BCUT2D eigenvalue weighted by Gasteiger charge is 2.40. The number of fused-ring (bicyclic) bond motifs is 1. The average Bonchev–Trinajstić information content (AvgIpc) is 3.17. The Morgan fingerprint density at radius 3 is 2.47 bits per heavy atom. The van der Waals surface area contributed by atoms with Gasteiger partial charge in [0.15, 0.2) is 0 Å². The minimum atomic E-state index is -5.08. The zero-order valence-electron chi connectivity index (χ0n) is 18.0. The molecule has 0 aliphatic carbocycles. The normalized spacial score (nSPS) is 21.1. The molecule has 32 heavy (non-hydrogen) atoms. The van der Waals surface area contributed by atoms with Crippen molar-refractivity contribution in [3.63, 3.8) is 0 Å². The minimum Gasteiger partial charge on any atom is -0.475 e. The van der Waals surface area contributed by atoms with Gasteiger partial charge in [0.2, 0.25) is 0 Å². The second-order valence-corrected chi connectivity index (χ2v) is 8.13. The largest absolute Gasteiger partial charge is 0.490 e. The van der Waals surface area contributed by atoms with Gasteiger partial charge in [-0.3, -0.25) is 9.88 Å². The number of hydrogen-bond acceptors (Lipinski definition) is 6. The lowest BCUT2D eigenvalue weighted by Gasteiger charge is -2.37. The first-order valence-electron chi connectivity index (χ1n) is 10.4. The van der Waals surface area contributed by atoms with E-state index in [2.05, 4.69) is 57.9 Å². The van der Waals surface area contributed by atoms with Crippen molar-refractivity contribution >= 4 is 11.8 Å². The zero-order chi connectivity index (χ0) is 23.3. The van der Waals surface area contributed by atoms with E-state index in [4.69, 9.17) is 14.6 Å². The molecular weight excluding hydrogens is 425 g/mol. The number of nitrogens with zero attached hydrogens (tertiary/aromatic N) is 4. The van der Waals surface area contributed by atoms with Crippen molar-refractivity contribution in [1.29, 1.82) is 0 Å². The minimum absolute atomic E-state index is 0.255. The van der Waals surface area contributed by atoms with Crippen molar-refractivity contribution in [2.45, 2.75) is 44.6 Å². The molecule has 0 unspecified atom stereocenters. The molecule has 1 N–H and O–H groups in total. The van der Waals surface area contributed by atoms with Crippen molar-refractivity contribution in [3.8, 4) is 0 Å². The summed E-state index contributed by atoms with van der Waals surface area (Å²) in [6, 6.07) is 9.40. The van der Waals surface area contributed by atoms with Crippen molar-refractivity contribution in [2.24, 2.45) is 0 Å². The molecule has 2 aliphatic rings. The standard InChI is InChI=1S/C20H26N4O.C2HF3O2/c1-15(2)17-5-3-16(4-6-17)12-23-13-18-19(14-23)25-10-9-24(18)20-11-21-7-8-22-20;3-2(4,5)1(6)7/h3-8,11,15,18-19H,9-10,12-14H2,1-2H3;(H,6,7)/t18-,19+;/m1./s1. The highest BCUT2D eigenvalue weighted by molar-refractivity contribution is 5.73. The van der Waals surface area contributed by atoms with Crippen LogP contribution >= 0.6 is 0 Å². The first-order chi connectivity index (χ1) is 15.1. The third-order valence-electron chi connectivity index (χ3n) is 5.52. The summed E-state index contributed by atoms with van der Waals surface area (Å²) in [5.74, 6) is -1.21. The Kier molecular flexibility index (Phi) is 7.68. The van der Waals surface area contributed by atoms with Crippen LogP contribution in [0.2, 0.25) is 0 Å². The van der Waals surface area contributed by atoms with E-state index in [9.17, 15) is 13.2 Å². The maximum atomic E-state index is 10.6. The van der Waals surface area contributed by atoms with Crippen LogP contribution in [0.5, 0.6) is 0 Å².